The summed E-state index contributed by atoms with van der Waals surface area (Å²) in [4.78, 5) is 16.2. The third kappa shape index (κ3) is 3.52. The molecule has 23 heavy (non-hydrogen) atoms. The van der Waals surface area contributed by atoms with Gasteiger partial charge in [-0.05, 0) is 56.1 Å². The van der Waals surface area contributed by atoms with Crippen molar-refractivity contribution in [3.8, 4) is 0 Å². The molecule has 1 atom stereocenters. The fraction of sp³-hybridized carbons (Fsp3) is 0.389. The summed E-state index contributed by atoms with van der Waals surface area (Å²) in [5, 5.41) is 5.26. The van der Waals surface area contributed by atoms with Crippen LogP contribution in [0, 0.1) is 0 Å². The van der Waals surface area contributed by atoms with E-state index in [1.165, 1.54) is 4.88 Å². The Morgan fingerprint density at radius 3 is 2.70 bits per heavy atom. The molecule has 1 amide bonds. The van der Waals surface area contributed by atoms with Crippen molar-refractivity contribution in [2.24, 2.45) is 0 Å². The van der Waals surface area contributed by atoms with E-state index in [0.717, 1.165) is 22.9 Å². The van der Waals surface area contributed by atoms with E-state index in [-0.39, 0.29) is 17.4 Å². The molecule has 2 aromatic rings. The van der Waals surface area contributed by atoms with Crippen molar-refractivity contribution >= 4 is 33.2 Å². The van der Waals surface area contributed by atoms with Gasteiger partial charge >= 0.3 is 0 Å². The minimum absolute atomic E-state index is 0.152. The van der Waals surface area contributed by atoms with Crippen molar-refractivity contribution in [1.29, 1.82) is 0 Å². The highest BCUT2D eigenvalue weighted by Crippen LogP contribution is 2.48. The zero-order valence-electron chi connectivity index (χ0n) is 13.4. The molecule has 1 aromatic heterocycles. The first-order valence-corrected chi connectivity index (χ1v) is 9.44. The maximum atomic E-state index is 12.8. The highest BCUT2D eigenvalue weighted by molar-refractivity contribution is 9.10. The van der Waals surface area contributed by atoms with Crippen LogP contribution in [0.5, 0.6) is 0 Å². The van der Waals surface area contributed by atoms with E-state index >= 15 is 0 Å². The van der Waals surface area contributed by atoms with E-state index in [2.05, 4.69) is 69.9 Å². The highest BCUT2D eigenvalue weighted by atomic mass is 79.9. The Morgan fingerprint density at radius 1 is 1.35 bits per heavy atom. The van der Waals surface area contributed by atoms with Crippen LogP contribution < -0.4 is 5.32 Å². The van der Waals surface area contributed by atoms with Crippen molar-refractivity contribution in [1.82, 2.24) is 10.2 Å². The number of amides is 1. The molecule has 1 heterocycles. The lowest BCUT2D eigenvalue weighted by Crippen LogP contribution is -2.39. The largest absolute Gasteiger partial charge is 0.353 e. The van der Waals surface area contributed by atoms with Crippen LogP contribution in [-0.2, 0) is 10.2 Å². The molecule has 1 N–H and O–H groups in total. The predicted octanol–water partition coefficient (Wildman–Crippen LogP) is 3.96. The molecular weight excluding hydrogens is 372 g/mol. The Hall–Kier alpha value is -1.17. The first-order chi connectivity index (χ1) is 11.0. The van der Waals surface area contributed by atoms with Crippen molar-refractivity contribution in [2.45, 2.75) is 24.3 Å². The molecule has 1 saturated carbocycles. The predicted molar refractivity (Wildman–Crippen MR) is 98.8 cm³/mol. The van der Waals surface area contributed by atoms with Crippen LogP contribution in [0.3, 0.4) is 0 Å². The van der Waals surface area contributed by atoms with Crippen LogP contribution >= 0.6 is 27.3 Å². The second kappa shape index (κ2) is 6.75. The summed E-state index contributed by atoms with van der Waals surface area (Å²) in [7, 11) is 4.11. The van der Waals surface area contributed by atoms with Gasteiger partial charge in [0.1, 0.15) is 0 Å². The Balaban J connectivity index is 1.69. The van der Waals surface area contributed by atoms with E-state index in [1.807, 2.05) is 12.1 Å². The molecule has 1 aliphatic rings. The summed E-state index contributed by atoms with van der Waals surface area (Å²) in [5.41, 5.74) is 0.790. The minimum Gasteiger partial charge on any atom is -0.353 e. The van der Waals surface area contributed by atoms with Crippen molar-refractivity contribution < 1.29 is 4.79 Å². The van der Waals surface area contributed by atoms with Gasteiger partial charge in [0.05, 0.1) is 11.5 Å². The number of nitrogens with zero attached hydrogens (tertiary/aromatic N) is 1. The Bertz CT molecular complexity index is 680. The van der Waals surface area contributed by atoms with Gasteiger partial charge in [0.2, 0.25) is 5.91 Å². The number of carbonyl (C=O) groups is 1. The number of benzene rings is 1. The van der Waals surface area contributed by atoms with Crippen molar-refractivity contribution in [2.75, 3.05) is 20.6 Å². The Kier molecular flexibility index (Phi) is 4.90. The molecule has 1 fully saturated rings. The first kappa shape index (κ1) is 16.7. The SMILES string of the molecule is CN(C)C(CNC(=O)C1(c2cccc(Br)c2)CC1)c1cccs1. The number of rotatable bonds is 6. The van der Waals surface area contributed by atoms with Gasteiger partial charge in [-0.25, -0.2) is 0 Å². The second-order valence-corrected chi connectivity index (χ2v) is 8.19. The smallest absolute Gasteiger partial charge is 0.230 e. The number of thiophene rings is 1. The number of hydrogen-bond acceptors (Lipinski definition) is 3. The van der Waals surface area contributed by atoms with Gasteiger partial charge < -0.3 is 10.2 Å². The van der Waals surface area contributed by atoms with Crippen LogP contribution in [0.1, 0.15) is 29.3 Å². The third-order valence-corrected chi connectivity index (χ3v) is 5.98. The van der Waals surface area contributed by atoms with E-state index in [4.69, 9.17) is 0 Å². The normalized spacial score (nSPS) is 17.0. The van der Waals surface area contributed by atoms with E-state index in [9.17, 15) is 4.79 Å². The molecule has 0 aliphatic heterocycles. The van der Waals surface area contributed by atoms with Crippen LogP contribution in [0.4, 0.5) is 0 Å². The van der Waals surface area contributed by atoms with E-state index < -0.39 is 0 Å². The lowest BCUT2D eigenvalue weighted by atomic mass is 9.95. The summed E-state index contributed by atoms with van der Waals surface area (Å²) < 4.78 is 1.03. The summed E-state index contributed by atoms with van der Waals surface area (Å²) in [6, 6.07) is 12.5. The molecule has 1 unspecified atom stereocenters. The summed E-state index contributed by atoms with van der Waals surface area (Å²) >= 11 is 5.24. The van der Waals surface area contributed by atoms with Crippen LogP contribution in [0.2, 0.25) is 0 Å². The zero-order valence-corrected chi connectivity index (χ0v) is 15.8. The number of likely N-dealkylation sites (N-methyl/N-ethyl adjacent to an activating group) is 1. The van der Waals surface area contributed by atoms with E-state index in [1.54, 1.807) is 11.3 Å². The summed E-state index contributed by atoms with van der Waals surface area (Å²) in [5.74, 6) is 0.152. The highest BCUT2D eigenvalue weighted by Gasteiger charge is 2.51. The van der Waals surface area contributed by atoms with Crippen LogP contribution in [0.15, 0.2) is 46.3 Å². The van der Waals surface area contributed by atoms with Gasteiger partial charge in [0.15, 0.2) is 0 Å². The monoisotopic (exact) mass is 392 g/mol. The average Bonchev–Trinajstić information content (AvgIpc) is 3.17. The van der Waals surface area contributed by atoms with Gasteiger partial charge in [-0.2, -0.15) is 0 Å². The molecule has 3 nitrogen and oxygen atoms in total. The molecule has 122 valence electrons. The number of nitrogens with one attached hydrogen (secondary N) is 1. The summed E-state index contributed by atoms with van der Waals surface area (Å²) in [6.45, 7) is 0.641. The van der Waals surface area contributed by atoms with Crippen molar-refractivity contribution in [3.05, 3.63) is 56.7 Å². The molecule has 3 rings (SSSR count). The third-order valence-electron chi connectivity index (χ3n) is 4.51. The van der Waals surface area contributed by atoms with Gasteiger partial charge in [-0.15, -0.1) is 11.3 Å². The fourth-order valence-corrected chi connectivity index (χ4v) is 4.26. The Labute approximate surface area is 149 Å². The van der Waals surface area contributed by atoms with Gasteiger partial charge in [0.25, 0.3) is 0 Å². The standard InChI is InChI=1S/C18H21BrN2OS/c1-21(2)15(16-7-4-10-23-16)12-20-17(22)18(8-9-18)13-5-3-6-14(19)11-13/h3-7,10-11,15H,8-9,12H2,1-2H3,(H,20,22). The van der Waals surface area contributed by atoms with Gasteiger partial charge in [-0.3, -0.25) is 4.79 Å². The first-order valence-electron chi connectivity index (χ1n) is 7.77. The number of hydrogen-bond donors (Lipinski definition) is 1. The van der Waals surface area contributed by atoms with Crippen LogP contribution in [-0.4, -0.2) is 31.4 Å². The Morgan fingerprint density at radius 2 is 2.13 bits per heavy atom. The maximum Gasteiger partial charge on any atom is 0.230 e. The average molecular weight is 393 g/mol. The van der Waals surface area contributed by atoms with Gasteiger partial charge in [-0.1, -0.05) is 34.1 Å². The van der Waals surface area contributed by atoms with Crippen LogP contribution in [0.25, 0.3) is 0 Å². The molecule has 0 bridgehead atoms. The quantitative estimate of drug-likeness (QED) is 0.806. The van der Waals surface area contributed by atoms with E-state index in [0.29, 0.717) is 6.54 Å². The molecule has 0 radical (unpaired) electrons. The lowest BCUT2D eigenvalue weighted by molar-refractivity contribution is -0.123. The zero-order chi connectivity index (χ0) is 16.4. The number of halogens is 1. The maximum absolute atomic E-state index is 12.8. The molecule has 0 saturated heterocycles. The van der Waals surface area contributed by atoms with Crippen molar-refractivity contribution in [3.63, 3.8) is 0 Å². The molecule has 1 aromatic carbocycles. The topological polar surface area (TPSA) is 32.3 Å². The molecule has 0 spiro atoms. The summed E-state index contributed by atoms with van der Waals surface area (Å²) in [6.07, 6.45) is 1.86. The number of carbonyl (C=O) groups excluding carboxylic acids is 1. The van der Waals surface area contributed by atoms with Gasteiger partial charge in [0, 0.05) is 15.9 Å². The molecular formula is C18H21BrN2OS. The second-order valence-electron chi connectivity index (χ2n) is 6.30. The lowest BCUT2D eigenvalue weighted by Gasteiger charge is -2.25. The molecule has 1 aliphatic carbocycles. The molecule has 5 heteroatoms. The minimum atomic E-state index is -0.323. The fourth-order valence-electron chi connectivity index (χ4n) is 2.94.